The molecule has 124 valence electrons. The molecule has 1 aromatic carbocycles. The zero-order valence-electron chi connectivity index (χ0n) is 13.0. The summed E-state index contributed by atoms with van der Waals surface area (Å²) in [5, 5.41) is 11.2. The first-order valence-corrected chi connectivity index (χ1v) is 7.19. The van der Waals surface area contributed by atoms with Crippen LogP contribution in [0.25, 0.3) is 0 Å². The van der Waals surface area contributed by atoms with Crippen LogP contribution < -0.4 is 0 Å². The number of rotatable bonds is 7. The fourth-order valence-corrected chi connectivity index (χ4v) is 2.57. The lowest BCUT2D eigenvalue weighted by molar-refractivity contribution is -0.488. The van der Waals surface area contributed by atoms with Gasteiger partial charge in [0.1, 0.15) is 5.69 Å². The topological polar surface area (TPSA) is 99.4 Å². The lowest BCUT2D eigenvalue weighted by Crippen LogP contribution is -2.45. The Hall–Kier alpha value is -3.09. The number of ketones is 1. The third-order valence-corrected chi connectivity index (χ3v) is 3.71. The molecule has 2 aromatic rings. The lowest BCUT2D eigenvalue weighted by atomic mass is 9.75. The van der Waals surface area contributed by atoms with Crippen molar-refractivity contribution >= 4 is 11.8 Å². The maximum absolute atomic E-state index is 12.5. The third kappa shape index (κ3) is 3.62. The van der Waals surface area contributed by atoms with E-state index in [9.17, 15) is 19.7 Å². The number of pyridine rings is 1. The second-order valence-corrected chi connectivity index (χ2v) is 5.25. The molecule has 0 saturated heterocycles. The minimum Gasteiger partial charge on any atom is -0.468 e. The molecule has 0 N–H and O–H groups in total. The van der Waals surface area contributed by atoms with Crippen molar-refractivity contribution in [1.82, 2.24) is 4.98 Å². The number of hydrogen-bond acceptors (Lipinski definition) is 6. The number of methoxy groups -OCH3 is 1. The molecule has 24 heavy (non-hydrogen) atoms. The van der Waals surface area contributed by atoms with Crippen molar-refractivity contribution < 1.29 is 19.2 Å². The van der Waals surface area contributed by atoms with Gasteiger partial charge >= 0.3 is 5.97 Å². The molecule has 1 aromatic heterocycles. The molecule has 0 bridgehead atoms. The summed E-state index contributed by atoms with van der Waals surface area (Å²) in [7, 11) is 1.14. The number of carbonyl (C=O) groups is 2. The molecule has 7 heteroatoms. The molecule has 7 nitrogen and oxygen atoms in total. The molecule has 0 aliphatic heterocycles. The SMILES string of the molecule is COC(=O)[C@](CC(=O)c1ccccn1)(C[N+](=O)[O-])c1ccccc1. The van der Waals surface area contributed by atoms with Crippen LogP contribution in [0.5, 0.6) is 0 Å². The molecule has 0 fully saturated rings. The minimum atomic E-state index is -1.70. The van der Waals surface area contributed by atoms with Crippen molar-refractivity contribution in [2.45, 2.75) is 11.8 Å². The molecule has 1 atom stereocenters. The van der Waals surface area contributed by atoms with Crippen LogP contribution in [0.15, 0.2) is 54.7 Å². The maximum atomic E-state index is 12.5. The van der Waals surface area contributed by atoms with Crippen LogP contribution in [0.1, 0.15) is 22.5 Å². The molecule has 0 aliphatic carbocycles. The number of aromatic nitrogens is 1. The van der Waals surface area contributed by atoms with E-state index in [1.165, 1.54) is 12.3 Å². The van der Waals surface area contributed by atoms with Crippen LogP contribution >= 0.6 is 0 Å². The van der Waals surface area contributed by atoms with Gasteiger partial charge in [-0.15, -0.1) is 0 Å². The summed E-state index contributed by atoms with van der Waals surface area (Å²) in [6, 6.07) is 13.0. The van der Waals surface area contributed by atoms with E-state index < -0.39 is 35.1 Å². The largest absolute Gasteiger partial charge is 0.468 e. The van der Waals surface area contributed by atoms with Crippen molar-refractivity contribution in [3.8, 4) is 0 Å². The number of nitro groups is 1. The van der Waals surface area contributed by atoms with E-state index in [-0.39, 0.29) is 5.69 Å². The highest BCUT2D eigenvalue weighted by molar-refractivity contribution is 5.99. The second kappa shape index (κ2) is 7.45. The maximum Gasteiger partial charge on any atom is 0.323 e. The molecular formula is C17H16N2O5. The zero-order chi connectivity index (χ0) is 17.6. The first-order chi connectivity index (χ1) is 11.5. The van der Waals surface area contributed by atoms with Gasteiger partial charge in [-0.05, 0) is 17.7 Å². The Kier molecular flexibility index (Phi) is 5.36. The molecule has 0 unspecified atom stereocenters. The number of Topliss-reactive ketones (excluding diaryl/α,β-unsaturated/α-hetero) is 1. The molecule has 0 saturated carbocycles. The van der Waals surface area contributed by atoms with Gasteiger partial charge < -0.3 is 4.74 Å². The Balaban J connectivity index is 2.50. The fourth-order valence-electron chi connectivity index (χ4n) is 2.57. The van der Waals surface area contributed by atoms with Gasteiger partial charge in [0.2, 0.25) is 6.54 Å². The number of nitrogens with zero attached hydrogens (tertiary/aromatic N) is 2. The monoisotopic (exact) mass is 328 g/mol. The van der Waals surface area contributed by atoms with Crippen LogP contribution in [0, 0.1) is 10.1 Å². The van der Waals surface area contributed by atoms with Gasteiger partial charge in [-0.1, -0.05) is 36.4 Å². The predicted octanol–water partition coefficient (Wildman–Crippen LogP) is 2.04. The quantitative estimate of drug-likeness (QED) is 0.334. The Morgan fingerprint density at radius 1 is 1.17 bits per heavy atom. The van der Waals surface area contributed by atoms with Gasteiger partial charge in [-0.25, -0.2) is 0 Å². The van der Waals surface area contributed by atoms with Crippen LogP contribution in [0.4, 0.5) is 0 Å². The van der Waals surface area contributed by atoms with Crippen molar-refractivity contribution in [2.24, 2.45) is 0 Å². The second-order valence-electron chi connectivity index (χ2n) is 5.25. The molecular weight excluding hydrogens is 312 g/mol. The summed E-state index contributed by atoms with van der Waals surface area (Å²) in [5.41, 5.74) is -1.20. The summed E-state index contributed by atoms with van der Waals surface area (Å²) < 4.78 is 4.79. The summed E-state index contributed by atoms with van der Waals surface area (Å²) in [5.74, 6) is -1.29. The number of esters is 1. The van der Waals surface area contributed by atoms with Crippen molar-refractivity contribution in [1.29, 1.82) is 0 Å². The van der Waals surface area contributed by atoms with Gasteiger partial charge in [0, 0.05) is 17.5 Å². The highest BCUT2D eigenvalue weighted by atomic mass is 16.6. The van der Waals surface area contributed by atoms with E-state index in [1.807, 2.05) is 0 Å². The van der Waals surface area contributed by atoms with Crippen LogP contribution in [-0.4, -0.2) is 35.3 Å². The van der Waals surface area contributed by atoms with E-state index in [2.05, 4.69) is 4.98 Å². The number of hydrogen-bond donors (Lipinski definition) is 0. The third-order valence-electron chi connectivity index (χ3n) is 3.71. The summed E-state index contributed by atoms with van der Waals surface area (Å²) in [4.78, 5) is 39.5. The number of ether oxygens (including phenoxy) is 1. The number of benzene rings is 1. The lowest BCUT2D eigenvalue weighted by Gasteiger charge is -2.26. The molecule has 0 amide bonds. The standard InChI is InChI=1S/C17H16N2O5/c1-24-16(21)17(12-19(22)23,13-7-3-2-4-8-13)11-15(20)14-9-5-6-10-18-14/h2-10H,11-12H2,1H3/t17-/m1/s1. The Labute approximate surface area is 138 Å². The van der Waals surface area contributed by atoms with E-state index in [4.69, 9.17) is 4.74 Å². The summed E-state index contributed by atoms with van der Waals surface area (Å²) >= 11 is 0. The molecule has 0 spiro atoms. The van der Waals surface area contributed by atoms with E-state index in [0.29, 0.717) is 5.56 Å². The summed E-state index contributed by atoms with van der Waals surface area (Å²) in [6.45, 7) is -0.748. The van der Waals surface area contributed by atoms with Crippen molar-refractivity contribution in [3.05, 3.63) is 76.1 Å². The normalized spacial score (nSPS) is 12.9. The Morgan fingerprint density at radius 3 is 2.38 bits per heavy atom. The average molecular weight is 328 g/mol. The minimum absolute atomic E-state index is 0.144. The first-order valence-electron chi connectivity index (χ1n) is 7.19. The van der Waals surface area contributed by atoms with E-state index in [0.717, 1.165) is 7.11 Å². The first kappa shape index (κ1) is 17.3. The van der Waals surface area contributed by atoms with Crippen LogP contribution in [0.3, 0.4) is 0 Å². The van der Waals surface area contributed by atoms with E-state index in [1.54, 1.807) is 42.5 Å². The van der Waals surface area contributed by atoms with Crippen molar-refractivity contribution in [2.75, 3.05) is 13.7 Å². The summed E-state index contributed by atoms with van der Waals surface area (Å²) in [6.07, 6.45) is 1.05. The van der Waals surface area contributed by atoms with E-state index >= 15 is 0 Å². The Morgan fingerprint density at radius 2 is 1.83 bits per heavy atom. The molecule has 0 aliphatic rings. The predicted molar refractivity (Wildman–Crippen MR) is 85.2 cm³/mol. The van der Waals surface area contributed by atoms with Crippen molar-refractivity contribution in [3.63, 3.8) is 0 Å². The number of carbonyl (C=O) groups excluding carboxylic acids is 2. The van der Waals surface area contributed by atoms with Crippen LogP contribution in [0.2, 0.25) is 0 Å². The smallest absolute Gasteiger partial charge is 0.323 e. The van der Waals surface area contributed by atoms with Gasteiger partial charge in [0.25, 0.3) is 0 Å². The van der Waals surface area contributed by atoms with Gasteiger partial charge in [-0.2, -0.15) is 0 Å². The highest BCUT2D eigenvalue weighted by Crippen LogP contribution is 2.31. The average Bonchev–Trinajstić information content (AvgIpc) is 2.61. The molecule has 0 radical (unpaired) electrons. The highest BCUT2D eigenvalue weighted by Gasteiger charge is 2.48. The zero-order valence-corrected chi connectivity index (χ0v) is 13.0. The van der Waals surface area contributed by atoms with Gasteiger partial charge in [0.15, 0.2) is 11.2 Å². The molecule has 2 rings (SSSR count). The molecule has 1 heterocycles. The van der Waals surface area contributed by atoms with Gasteiger partial charge in [0.05, 0.1) is 7.11 Å². The fraction of sp³-hybridized carbons (Fsp3) is 0.235. The Bertz CT molecular complexity index is 733. The van der Waals surface area contributed by atoms with Crippen LogP contribution in [-0.2, 0) is 14.9 Å². The van der Waals surface area contributed by atoms with Gasteiger partial charge in [-0.3, -0.25) is 24.7 Å².